The molecular formula is C50H34N2. The molecule has 0 saturated heterocycles. The normalized spacial score (nSPS) is 11.5. The molecule has 10 aromatic carbocycles. The molecule has 0 aliphatic heterocycles. The Morgan fingerprint density at radius 1 is 0.212 bits per heavy atom. The highest BCUT2D eigenvalue weighted by Crippen LogP contribution is 2.48. The van der Waals surface area contributed by atoms with Crippen LogP contribution in [0.25, 0.3) is 54.2 Å². The van der Waals surface area contributed by atoms with Gasteiger partial charge in [-0.05, 0) is 104 Å². The molecule has 2 nitrogen and oxygen atoms in total. The van der Waals surface area contributed by atoms with Crippen LogP contribution < -0.4 is 9.80 Å². The van der Waals surface area contributed by atoms with Gasteiger partial charge in [-0.1, -0.05) is 146 Å². The van der Waals surface area contributed by atoms with E-state index in [1.165, 1.54) is 59.9 Å². The number of fused-ring (bicyclic) bond motifs is 2. The third-order valence-corrected chi connectivity index (χ3v) is 10.4. The van der Waals surface area contributed by atoms with E-state index in [4.69, 9.17) is 0 Å². The molecule has 0 bridgehead atoms. The predicted octanol–water partition coefficient (Wildman–Crippen LogP) is 14.3. The molecule has 2 heteroatoms. The Hall–Kier alpha value is -6.90. The SMILES string of the molecule is c1ccc(-c2ccc(N(c3ccccc3)c3ccc4c5ccc(N(c6ccccc6)c6ccccc6)c6cccc(c7cccc3c74)c65)cc2)cc1. The third kappa shape index (κ3) is 4.88. The minimum Gasteiger partial charge on any atom is -0.310 e. The third-order valence-electron chi connectivity index (χ3n) is 10.4. The van der Waals surface area contributed by atoms with Crippen molar-refractivity contribution in [2.75, 3.05) is 9.80 Å². The Morgan fingerprint density at radius 3 is 0.962 bits per heavy atom. The van der Waals surface area contributed by atoms with Crippen LogP contribution in [0.3, 0.4) is 0 Å². The lowest BCUT2D eigenvalue weighted by Crippen LogP contribution is -2.11. The van der Waals surface area contributed by atoms with Gasteiger partial charge in [-0.3, -0.25) is 0 Å². The molecule has 0 radical (unpaired) electrons. The first-order valence-electron chi connectivity index (χ1n) is 17.9. The number of para-hydroxylation sites is 3. The second-order valence-corrected chi connectivity index (χ2v) is 13.3. The van der Waals surface area contributed by atoms with Crippen LogP contribution in [-0.2, 0) is 0 Å². The largest absolute Gasteiger partial charge is 0.310 e. The number of benzene rings is 10. The smallest absolute Gasteiger partial charge is 0.0540 e. The van der Waals surface area contributed by atoms with Gasteiger partial charge < -0.3 is 9.80 Å². The first-order valence-corrected chi connectivity index (χ1v) is 17.9. The van der Waals surface area contributed by atoms with Crippen molar-refractivity contribution < 1.29 is 0 Å². The topological polar surface area (TPSA) is 6.48 Å². The molecule has 0 saturated carbocycles. The van der Waals surface area contributed by atoms with Crippen molar-refractivity contribution in [3.05, 3.63) is 206 Å². The molecule has 0 amide bonds. The first kappa shape index (κ1) is 30.0. The van der Waals surface area contributed by atoms with Gasteiger partial charge in [-0.25, -0.2) is 0 Å². The lowest BCUT2D eigenvalue weighted by Gasteiger charge is -2.29. The number of rotatable bonds is 7. The minimum atomic E-state index is 1.12. The molecule has 10 rings (SSSR count). The lowest BCUT2D eigenvalue weighted by molar-refractivity contribution is 1.30. The average molecular weight is 663 g/mol. The van der Waals surface area contributed by atoms with Crippen LogP contribution in [0.1, 0.15) is 0 Å². The van der Waals surface area contributed by atoms with Crippen molar-refractivity contribution in [1.29, 1.82) is 0 Å². The molecule has 0 spiro atoms. The zero-order valence-electron chi connectivity index (χ0n) is 28.5. The van der Waals surface area contributed by atoms with Crippen molar-refractivity contribution in [3.8, 4) is 11.1 Å². The van der Waals surface area contributed by atoms with Crippen molar-refractivity contribution in [2.24, 2.45) is 0 Å². The summed E-state index contributed by atoms with van der Waals surface area (Å²) in [6.45, 7) is 0. The van der Waals surface area contributed by atoms with Gasteiger partial charge in [0.2, 0.25) is 0 Å². The Kier molecular flexibility index (Phi) is 7.18. The monoisotopic (exact) mass is 662 g/mol. The Morgan fingerprint density at radius 2 is 0.538 bits per heavy atom. The highest BCUT2D eigenvalue weighted by molar-refractivity contribution is 6.35. The maximum Gasteiger partial charge on any atom is 0.0540 e. The molecule has 0 fully saturated rings. The van der Waals surface area contributed by atoms with E-state index in [0.29, 0.717) is 0 Å². The second-order valence-electron chi connectivity index (χ2n) is 13.3. The van der Waals surface area contributed by atoms with Crippen molar-refractivity contribution in [3.63, 3.8) is 0 Å². The number of nitrogens with zero attached hydrogens (tertiary/aromatic N) is 2. The summed E-state index contributed by atoms with van der Waals surface area (Å²) in [6, 6.07) is 74.5. The Balaban J connectivity index is 1.20. The van der Waals surface area contributed by atoms with Gasteiger partial charge in [0.15, 0.2) is 0 Å². The Bertz CT molecular complexity index is 2750. The van der Waals surface area contributed by atoms with E-state index in [-0.39, 0.29) is 0 Å². The highest BCUT2D eigenvalue weighted by atomic mass is 15.1. The van der Waals surface area contributed by atoms with Crippen LogP contribution in [-0.4, -0.2) is 0 Å². The van der Waals surface area contributed by atoms with Crippen molar-refractivity contribution >= 4 is 77.2 Å². The molecule has 0 aliphatic carbocycles. The number of hydrogen-bond acceptors (Lipinski definition) is 2. The van der Waals surface area contributed by atoms with Gasteiger partial charge in [0.05, 0.1) is 11.4 Å². The molecule has 0 N–H and O–H groups in total. The molecule has 10 aromatic rings. The summed E-state index contributed by atoms with van der Waals surface area (Å²) in [6.07, 6.45) is 0. The van der Waals surface area contributed by atoms with Gasteiger partial charge in [0, 0.05) is 33.5 Å². The fourth-order valence-corrected chi connectivity index (χ4v) is 8.09. The van der Waals surface area contributed by atoms with Crippen LogP contribution in [0.4, 0.5) is 34.1 Å². The van der Waals surface area contributed by atoms with Crippen LogP contribution in [0, 0.1) is 0 Å². The second kappa shape index (κ2) is 12.5. The molecule has 52 heavy (non-hydrogen) atoms. The van der Waals surface area contributed by atoms with Crippen LogP contribution in [0.15, 0.2) is 206 Å². The van der Waals surface area contributed by atoms with E-state index in [9.17, 15) is 0 Å². The maximum absolute atomic E-state index is 2.40. The summed E-state index contributed by atoms with van der Waals surface area (Å²) in [5.74, 6) is 0. The van der Waals surface area contributed by atoms with Gasteiger partial charge in [-0.2, -0.15) is 0 Å². The van der Waals surface area contributed by atoms with Crippen molar-refractivity contribution in [2.45, 2.75) is 0 Å². The van der Waals surface area contributed by atoms with E-state index in [1.54, 1.807) is 0 Å². The van der Waals surface area contributed by atoms with Gasteiger partial charge >= 0.3 is 0 Å². The fraction of sp³-hybridized carbons (Fsp3) is 0. The summed E-state index contributed by atoms with van der Waals surface area (Å²) < 4.78 is 0. The molecule has 0 unspecified atom stereocenters. The summed E-state index contributed by atoms with van der Waals surface area (Å²) in [4.78, 5) is 4.78. The summed E-state index contributed by atoms with van der Waals surface area (Å²) in [7, 11) is 0. The van der Waals surface area contributed by atoms with Crippen LogP contribution in [0.5, 0.6) is 0 Å². The average Bonchev–Trinajstić information content (AvgIpc) is 3.22. The number of anilines is 6. The lowest BCUT2D eigenvalue weighted by atomic mass is 9.88. The quantitative estimate of drug-likeness (QED) is 0.124. The van der Waals surface area contributed by atoms with Crippen LogP contribution >= 0.6 is 0 Å². The zero-order valence-corrected chi connectivity index (χ0v) is 28.5. The van der Waals surface area contributed by atoms with E-state index in [2.05, 4.69) is 216 Å². The summed E-state index contributed by atoms with van der Waals surface area (Å²) in [5, 5.41) is 10.1. The maximum atomic E-state index is 2.40. The number of hydrogen-bond donors (Lipinski definition) is 0. The molecule has 0 atom stereocenters. The molecule has 244 valence electrons. The molecule has 0 aromatic heterocycles. The van der Waals surface area contributed by atoms with E-state index in [1.807, 2.05) is 0 Å². The standard InChI is InChI=1S/C50H34N2/c1-5-15-35(16-6-1)36-27-29-40(30-28-36)52(39-21-11-4-12-22-39)48-34-32-44-43-31-33-47(51(37-17-7-2-8-18-37)38-19-9-3-10-20-38)45-25-13-23-41(49(43)45)42-24-14-26-46(48)50(42)44/h1-34H. The fourth-order valence-electron chi connectivity index (χ4n) is 8.09. The van der Waals surface area contributed by atoms with E-state index >= 15 is 0 Å². The first-order chi connectivity index (χ1) is 25.8. The van der Waals surface area contributed by atoms with Crippen molar-refractivity contribution in [1.82, 2.24) is 0 Å². The Labute approximate surface area is 303 Å². The molecule has 0 aliphatic rings. The van der Waals surface area contributed by atoms with Gasteiger partial charge in [-0.15, -0.1) is 0 Å². The van der Waals surface area contributed by atoms with Crippen LogP contribution in [0.2, 0.25) is 0 Å². The van der Waals surface area contributed by atoms with E-state index in [0.717, 1.165) is 28.4 Å². The highest BCUT2D eigenvalue weighted by Gasteiger charge is 2.22. The van der Waals surface area contributed by atoms with Gasteiger partial charge in [0.25, 0.3) is 0 Å². The molecular weight excluding hydrogens is 629 g/mol. The predicted molar refractivity (Wildman–Crippen MR) is 222 cm³/mol. The summed E-state index contributed by atoms with van der Waals surface area (Å²) >= 11 is 0. The van der Waals surface area contributed by atoms with Gasteiger partial charge in [0.1, 0.15) is 0 Å². The zero-order chi connectivity index (χ0) is 34.4. The summed E-state index contributed by atoms with van der Waals surface area (Å²) in [5.41, 5.74) is 9.26. The minimum absolute atomic E-state index is 1.12. The molecule has 0 heterocycles. The van der Waals surface area contributed by atoms with E-state index < -0.39 is 0 Å².